The molecule has 0 saturated heterocycles. The van der Waals surface area contributed by atoms with E-state index < -0.39 is 8.60 Å². The first-order valence-electron chi connectivity index (χ1n) is 23.5. The van der Waals surface area contributed by atoms with Gasteiger partial charge in [-0.1, -0.05) is 167 Å². The van der Waals surface area contributed by atoms with E-state index in [0.29, 0.717) is 0 Å². The molecule has 5 aromatic rings. The van der Waals surface area contributed by atoms with Gasteiger partial charge in [-0.3, -0.25) is 0 Å². The Labute approximate surface area is 373 Å². The molecule has 0 aliphatic rings. The summed E-state index contributed by atoms with van der Waals surface area (Å²) in [5, 5.41) is 4.99. The summed E-state index contributed by atoms with van der Waals surface area (Å²) in [7, 11) is -1.98. The molecule has 0 aliphatic carbocycles. The van der Waals surface area contributed by atoms with E-state index in [1.54, 1.807) is 0 Å². The monoisotopic (exact) mass is 845 g/mol. The normalized spacial score (nSPS) is 13.4. The molecular formula is C57H81O3P. The van der Waals surface area contributed by atoms with E-state index in [1.165, 1.54) is 60.5 Å². The molecule has 5 aromatic carbocycles. The SMILES string of the molecule is CCC(C)(C)c1cc(C(C)(C)CC)c2cc(OP(Oc3ccc(C)cc3)Oc3cc4c(C(C)(C)CC)cc(C(C)(C)CC)cc4cc3C(C)(C)CC)c(C(C)(C)CC)cc2c1. The van der Waals surface area contributed by atoms with Crippen molar-refractivity contribution in [2.24, 2.45) is 0 Å². The second-order valence-electron chi connectivity index (χ2n) is 21.9. The molecule has 5 rings (SSSR count). The van der Waals surface area contributed by atoms with Crippen LogP contribution in [0, 0.1) is 6.92 Å². The zero-order valence-corrected chi connectivity index (χ0v) is 42.7. The highest BCUT2D eigenvalue weighted by Crippen LogP contribution is 2.52. The smallest absolute Gasteiger partial charge is 0.409 e. The van der Waals surface area contributed by atoms with E-state index in [0.717, 1.165) is 55.8 Å². The number of rotatable bonds is 18. The summed E-state index contributed by atoms with van der Waals surface area (Å²) in [6.07, 6.45) is 6.08. The summed E-state index contributed by atoms with van der Waals surface area (Å²) in [4.78, 5) is 0. The molecule has 0 fully saturated rings. The first-order chi connectivity index (χ1) is 28.3. The molecule has 332 valence electrons. The second-order valence-corrected chi connectivity index (χ2v) is 22.9. The highest BCUT2D eigenvalue weighted by atomic mass is 31.2. The van der Waals surface area contributed by atoms with Crippen LogP contribution >= 0.6 is 8.60 Å². The lowest BCUT2D eigenvalue weighted by molar-refractivity contribution is 0.373. The van der Waals surface area contributed by atoms with Crippen LogP contribution in [0.3, 0.4) is 0 Å². The van der Waals surface area contributed by atoms with Crippen molar-refractivity contribution in [2.75, 3.05) is 0 Å². The van der Waals surface area contributed by atoms with Crippen LogP contribution in [-0.4, -0.2) is 0 Å². The molecule has 61 heavy (non-hydrogen) atoms. The van der Waals surface area contributed by atoms with Crippen LogP contribution in [0.2, 0.25) is 0 Å². The van der Waals surface area contributed by atoms with Crippen molar-refractivity contribution in [1.82, 2.24) is 0 Å². The second kappa shape index (κ2) is 17.9. The maximum Gasteiger partial charge on any atom is 0.530 e. The largest absolute Gasteiger partial charge is 0.530 e. The molecule has 4 heteroatoms. The third kappa shape index (κ3) is 10.1. The van der Waals surface area contributed by atoms with Crippen LogP contribution < -0.4 is 13.6 Å². The van der Waals surface area contributed by atoms with Crippen molar-refractivity contribution >= 4 is 30.1 Å². The van der Waals surface area contributed by atoms with Crippen molar-refractivity contribution in [3.8, 4) is 17.2 Å². The highest BCUT2D eigenvalue weighted by Gasteiger charge is 2.34. The van der Waals surface area contributed by atoms with Crippen LogP contribution in [0.25, 0.3) is 21.5 Å². The van der Waals surface area contributed by atoms with Crippen LogP contribution in [0.15, 0.2) is 72.8 Å². The first kappa shape index (κ1) is 48.5. The van der Waals surface area contributed by atoms with Crippen LogP contribution in [0.4, 0.5) is 0 Å². The number of fused-ring (bicyclic) bond motifs is 2. The third-order valence-electron chi connectivity index (χ3n) is 15.4. The van der Waals surface area contributed by atoms with E-state index in [-0.39, 0.29) is 32.5 Å². The third-order valence-corrected chi connectivity index (χ3v) is 16.5. The van der Waals surface area contributed by atoms with Gasteiger partial charge in [0.2, 0.25) is 0 Å². The summed E-state index contributed by atoms with van der Waals surface area (Å²) in [5.74, 6) is 2.37. The fraction of sp³-hybridized carbons (Fsp3) is 0.544. The predicted octanol–water partition coefficient (Wildman–Crippen LogP) is 18.2. The van der Waals surface area contributed by atoms with E-state index >= 15 is 0 Å². The molecule has 0 N–H and O–H groups in total. The quantitative estimate of drug-likeness (QED) is 0.0823. The summed E-state index contributed by atoms with van der Waals surface area (Å²) in [5.41, 5.74) is 8.68. The summed E-state index contributed by atoms with van der Waals surface area (Å²) >= 11 is 0. The minimum atomic E-state index is -1.98. The lowest BCUT2D eigenvalue weighted by Crippen LogP contribution is -2.22. The molecule has 0 bridgehead atoms. The minimum absolute atomic E-state index is 0.0430. The van der Waals surface area contributed by atoms with Gasteiger partial charge < -0.3 is 13.6 Å². The van der Waals surface area contributed by atoms with Gasteiger partial charge in [0.25, 0.3) is 0 Å². The van der Waals surface area contributed by atoms with Crippen molar-refractivity contribution in [3.05, 3.63) is 112 Å². The van der Waals surface area contributed by atoms with Gasteiger partial charge in [-0.25, -0.2) is 0 Å². The Bertz CT molecular complexity index is 2180. The summed E-state index contributed by atoms with van der Waals surface area (Å²) in [6.45, 7) is 44.2. The highest BCUT2D eigenvalue weighted by molar-refractivity contribution is 7.43. The zero-order chi connectivity index (χ0) is 45.5. The topological polar surface area (TPSA) is 27.7 Å². The van der Waals surface area contributed by atoms with E-state index in [2.05, 4.69) is 192 Å². The Morgan fingerprint density at radius 1 is 0.377 bits per heavy atom. The molecular weight excluding hydrogens is 764 g/mol. The first-order valence-corrected chi connectivity index (χ1v) is 24.6. The molecule has 0 amide bonds. The average Bonchev–Trinajstić information content (AvgIpc) is 3.22. The van der Waals surface area contributed by atoms with Crippen LogP contribution in [0.5, 0.6) is 17.2 Å². The molecule has 0 heterocycles. The van der Waals surface area contributed by atoms with Crippen LogP contribution in [0.1, 0.15) is 202 Å². The van der Waals surface area contributed by atoms with E-state index in [1.807, 2.05) is 12.1 Å². The van der Waals surface area contributed by atoms with Gasteiger partial charge in [0, 0.05) is 11.1 Å². The minimum Gasteiger partial charge on any atom is -0.409 e. The average molecular weight is 845 g/mol. The lowest BCUT2D eigenvalue weighted by Gasteiger charge is -2.33. The van der Waals surface area contributed by atoms with Gasteiger partial charge in [0.15, 0.2) is 0 Å². The standard InChI is InChI=1S/C57H81O3P/c1-20-52(8,9)41-30-39-32-48(56(16,17)24-5)50(36-44(39)46(34-41)54(12,13)22-3)59-61(58-43-28-26-38(7)27-29-43)60-51-37-45-40(33-49(51)57(18,19)25-6)31-42(53(10,11)21-2)35-47(45)55(14,15)23-4/h26-37H,20-25H2,1-19H3. The predicted molar refractivity (Wildman–Crippen MR) is 268 cm³/mol. The molecule has 0 atom stereocenters. The number of hydrogen-bond donors (Lipinski definition) is 0. The molecule has 0 saturated carbocycles. The van der Waals surface area contributed by atoms with Crippen molar-refractivity contribution in [2.45, 2.75) is 203 Å². The van der Waals surface area contributed by atoms with Crippen molar-refractivity contribution in [3.63, 3.8) is 0 Å². The van der Waals surface area contributed by atoms with E-state index in [9.17, 15) is 0 Å². The number of aryl methyl sites for hydroxylation is 1. The van der Waals surface area contributed by atoms with Gasteiger partial charge >= 0.3 is 8.60 Å². The molecule has 0 radical (unpaired) electrons. The lowest BCUT2D eigenvalue weighted by atomic mass is 9.73. The van der Waals surface area contributed by atoms with Gasteiger partial charge in [0.1, 0.15) is 17.2 Å². The van der Waals surface area contributed by atoms with Gasteiger partial charge in [-0.05, 0) is 158 Å². The maximum atomic E-state index is 7.33. The fourth-order valence-electron chi connectivity index (χ4n) is 7.97. The molecule has 3 nitrogen and oxygen atoms in total. The van der Waals surface area contributed by atoms with Crippen LogP contribution in [-0.2, 0) is 32.5 Å². The van der Waals surface area contributed by atoms with Crippen molar-refractivity contribution < 1.29 is 13.6 Å². The van der Waals surface area contributed by atoms with Gasteiger partial charge in [-0.15, -0.1) is 0 Å². The molecule has 0 spiro atoms. The summed E-state index contributed by atoms with van der Waals surface area (Å²) in [6, 6.07) is 27.5. The van der Waals surface area contributed by atoms with E-state index in [4.69, 9.17) is 13.6 Å². The molecule has 0 aliphatic heterocycles. The Morgan fingerprint density at radius 3 is 1.03 bits per heavy atom. The Balaban J connectivity index is 1.82. The zero-order valence-electron chi connectivity index (χ0n) is 41.8. The Hall–Kier alpha value is -3.55. The Kier molecular flexibility index (Phi) is 14.2. The summed E-state index contributed by atoms with van der Waals surface area (Å²) < 4.78 is 21.6. The number of hydrogen-bond acceptors (Lipinski definition) is 3. The van der Waals surface area contributed by atoms with Crippen molar-refractivity contribution in [1.29, 1.82) is 0 Å². The van der Waals surface area contributed by atoms with Gasteiger partial charge in [-0.2, -0.15) is 0 Å². The molecule has 0 aromatic heterocycles. The Morgan fingerprint density at radius 2 is 0.705 bits per heavy atom. The maximum absolute atomic E-state index is 7.33. The fourth-order valence-corrected chi connectivity index (χ4v) is 8.99. The molecule has 0 unspecified atom stereocenters. The number of benzene rings is 5. The van der Waals surface area contributed by atoms with Gasteiger partial charge in [0.05, 0.1) is 0 Å².